The summed E-state index contributed by atoms with van der Waals surface area (Å²) < 4.78 is 14.0. The van der Waals surface area contributed by atoms with Crippen molar-refractivity contribution in [3.05, 3.63) is 114 Å². The van der Waals surface area contributed by atoms with Gasteiger partial charge in [-0.25, -0.2) is 0 Å². The van der Waals surface area contributed by atoms with Crippen LogP contribution in [0.3, 0.4) is 0 Å². The lowest BCUT2D eigenvalue weighted by molar-refractivity contribution is 0.101. The Morgan fingerprint density at radius 3 is 1.69 bits per heavy atom. The summed E-state index contributed by atoms with van der Waals surface area (Å²) in [6, 6.07) is 21.7. The molecule has 2 aromatic carbocycles. The number of hydrogen-bond donors (Lipinski definition) is 3. The SMILES string of the molecule is C1COCCN1.Cn1cnnc1-c1cccc(NC(=O)c2cc(Cl)ccn2)c1.Cn1cnnc1-c1cccc(NC(=O)c2cc(N3CCOCC3)ccn2)c1. The number of amides is 2. The second-order valence-electron chi connectivity index (χ2n) is 12.3. The number of nitrogens with one attached hydrogen (secondary N) is 3. The zero-order valence-electron chi connectivity index (χ0n) is 30.4. The highest BCUT2D eigenvalue weighted by Gasteiger charge is 2.15. The zero-order chi connectivity index (χ0) is 38.4. The molecule has 2 aliphatic rings. The minimum atomic E-state index is -0.322. The Hall–Kier alpha value is -6.07. The van der Waals surface area contributed by atoms with E-state index in [1.54, 1.807) is 35.6 Å². The standard InChI is InChI=1S/C19H20N6O2.C15H12ClN5O.C4H9NO/c1-24-13-21-23-18(24)14-3-2-4-15(11-14)22-19(26)17-12-16(5-6-20-17)25-7-9-27-10-8-25;1-21-9-18-20-14(21)10-3-2-4-12(7-10)19-15(22)13-8-11(16)5-6-17-13;1-3-6-4-2-5-1/h2-6,11-13H,7-10H2,1H3,(H,22,26);2-9H,1H3,(H,19,22);5H,1-4H2. The van der Waals surface area contributed by atoms with Gasteiger partial charge in [0.15, 0.2) is 11.6 Å². The summed E-state index contributed by atoms with van der Waals surface area (Å²) in [5.41, 5.74) is 4.68. The van der Waals surface area contributed by atoms with Crippen LogP contribution in [0.15, 0.2) is 97.8 Å². The van der Waals surface area contributed by atoms with Crippen LogP contribution in [0.2, 0.25) is 5.02 Å². The fourth-order valence-corrected chi connectivity index (χ4v) is 5.72. The number of aryl methyl sites for hydroxylation is 2. The van der Waals surface area contributed by atoms with Crippen LogP contribution in [-0.2, 0) is 23.6 Å². The van der Waals surface area contributed by atoms with E-state index in [2.05, 4.69) is 51.2 Å². The van der Waals surface area contributed by atoms with E-state index in [0.29, 0.717) is 35.3 Å². The molecule has 0 radical (unpaired) electrons. The summed E-state index contributed by atoms with van der Waals surface area (Å²) in [7, 11) is 3.73. The molecule has 0 saturated carbocycles. The maximum atomic E-state index is 12.7. The molecule has 4 aromatic heterocycles. The van der Waals surface area contributed by atoms with Gasteiger partial charge in [-0.15, -0.1) is 20.4 Å². The molecule has 6 aromatic rings. The first kappa shape index (κ1) is 38.6. The Morgan fingerprint density at radius 1 is 0.691 bits per heavy atom. The highest BCUT2D eigenvalue weighted by molar-refractivity contribution is 6.31. The second-order valence-corrected chi connectivity index (χ2v) is 12.8. The van der Waals surface area contributed by atoms with E-state index in [1.165, 1.54) is 12.3 Å². The van der Waals surface area contributed by atoms with Gasteiger partial charge in [-0.3, -0.25) is 19.6 Å². The van der Waals surface area contributed by atoms with Gasteiger partial charge in [0.2, 0.25) is 0 Å². The first-order chi connectivity index (χ1) is 26.8. The van der Waals surface area contributed by atoms with Crippen LogP contribution in [-0.4, -0.2) is 104 Å². The van der Waals surface area contributed by atoms with Crippen LogP contribution in [0, 0.1) is 0 Å². The molecule has 0 aliphatic carbocycles. The van der Waals surface area contributed by atoms with E-state index in [1.807, 2.05) is 73.3 Å². The number of benzene rings is 2. The van der Waals surface area contributed by atoms with Gasteiger partial charge in [-0.1, -0.05) is 35.9 Å². The van der Waals surface area contributed by atoms with E-state index >= 15 is 0 Å². The van der Waals surface area contributed by atoms with Gasteiger partial charge in [0.05, 0.1) is 26.4 Å². The third-order valence-electron chi connectivity index (χ3n) is 8.33. The Morgan fingerprint density at radius 2 is 1.22 bits per heavy atom. The van der Waals surface area contributed by atoms with Crippen LogP contribution in [0.4, 0.5) is 17.1 Å². The molecule has 2 fully saturated rings. The van der Waals surface area contributed by atoms with Crippen LogP contribution in [0.5, 0.6) is 0 Å². The molecule has 2 amide bonds. The lowest BCUT2D eigenvalue weighted by Gasteiger charge is -2.28. The van der Waals surface area contributed by atoms with Crippen LogP contribution in [0.25, 0.3) is 22.8 Å². The van der Waals surface area contributed by atoms with Crippen molar-refractivity contribution < 1.29 is 19.1 Å². The number of ether oxygens (including phenoxy) is 2. The van der Waals surface area contributed by atoms with Crippen molar-refractivity contribution in [1.82, 2.24) is 44.8 Å². The molecule has 17 heteroatoms. The number of pyridine rings is 2. The summed E-state index contributed by atoms with van der Waals surface area (Å²) in [6.45, 7) is 6.84. The smallest absolute Gasteiger partial charge is 0.274 e. The van der Waals surface area contributed by atoms with E-state index in [4.69, 9.17) is 21.1 Å². The van der Waals surface area contributed by atoms with Crippen molar-refractivity contribution in [2.24, 2.45) is 14.1 Å². The highest BCUT2D eigenvalue weighted by Crippen LogP contribution is 2.23. The normalized spacial score (nSPS) is 13.8. The average molecular weight is 765 g/mol. The second kappa shape index (κ2) is 19.3. The van der Waals surface area contributed by atoms with Crippen LogP contribution >= 0.6 is 11.6 Å². The fraction of sp³-hybridized carbons (Fsp3) is 0.263. The summed E-state index contributed by atoms with van der Waals surface area (Å²) in [5, 5.41) is 25.2. The number of carbonyl (C=O) groups is 2. The molecule has 6 heterocycles. The van der Waals surface area contributed by atoms with E-state index in [-0.39, 0.29) is 17.5 Å². The predicted molar refractivity (Wildman–Crippen MR) is 209 cm³/mol. The number of anilines is 3. The zero-order valence-corrected chi connectivity index (χ0v) is 31.2. The molecule has 8 rings (SSSR count). The molecule has 0 unspecified atom stereocenters. The molecule has 16 nitrogen and oxygen atoms in total. The molecular formula is C38H41ClN12O4. The van der Waals surface area contributed by atoms with Crippen LogP contribution < -0.4 is 20.9 Å². The molecular weight excluding hydrogens is 724 g/mol. The van der Waals surface area contributed by atoms with Crippen molar-refractivity contribution in [1.29, 1.82) is 0 Å². The largest absolute Gasteiger partial charge is 0.379 e. The first-order valence-electron chi connectivity index (χ1n) is 17.5. The fourth-order valence-electron chi connectivity index (χ4n) is 5.56. The third kappa shape index (κ3) is 11.0. The molecule has 0 atom stereocenters. The Labute approximate surface area is 322 Å². The summed E-state index contributed by atoms with van der Waals surface area (Å²) >= 11 is 5.86. The maximum absolute atomic E-state index is 12.7. The Kier molecular flexibility index (Phi) is 13.6. The molecule has 2 aliphatic heterocycles. The minimum Gasteiger partial charge on any atom is -0.379 e. The van der Waals surface area contributed by atoms with E-state index in [0.717, 1.165) is 67.9 Å². The highest BCUT2D eigenvalue weighted by atomic mass is 35.5. The minimum absolute atomic E-state index is 0.250. The topological polar surface area (TPSA) is 179 Å². The average Bonchev–Trinajstić information content (AvgIpc) is 3.87. The number of nitrogens with zero attached hydrogens (tertiary/aromatic N) is 9. The van der Waals surface area contributed by atoms with Gasteiger partial charge in [0.25, 0.3) is 11.8 Å². The van der Waals surface area contributed by atoms with Gasteiger partial charge in [0, 0.05) is 85.9 Å². The third-order valence-corrected chi connectivity index (χ3v) is 8.57. The van der Waals surface area contributed by atoms with Crippen LogP contribution in [0.1, 0.15) is 21.0 Å². The van der Waals surface area contributed by atoms with Gasteiger partial charge in [-0.2, -0.15) is 0 Å². The van der Waals surface area contributed by atoms with Crippen molar-refractivity contribution >= 4 is 40.5 Å². The van der Waals surface area contributed by atoms with Crippen molar-refractivity contribution in [3.63, 3.8) is 0 Å². The Bertz CT molecular complexity index is 2170. The predicted octanol–water partition coefficient (Wildman–Crippen LogP) is 4.36. The molecule has 3 N–H and O–H groups in total. The van der Waals surface area contributed by atoms with Gasteiger partial charge < -0.3 is 39.5 Å². The molecule has 0 spiro atoms. The summed E-state index contributed by atoms with van der Waals surface area (Å²) in [6.07, 6.45) is 6.42. The first-order valence-corrected chi connectivity index (χ1v) is 17.9. The van der Waals surface area contributed by atoms with E-state index < -0.39 is 0 Å². The van der Waals surface area contributed by atoms with Crippen molar-refractivity contribution in [3.8, 4) is 22.8 Å². The number of morpholine rings is 2. The number of aromatic nitrogens is 8. The maximum Gasteiger partial charge on any atom is 0.274 e. The lowest BCUT2D eigenvalue weighted by atomic mass is 10.2. The Balaban J connectivity index is 0.000000165. The number of rotatable bonds is 7. The van der Waals surface area contributed by atoms with Gasteiger partial charge in [-0.05, 0) is 48.5 Å². The summed E-state index contributed by atoms with van der Waals surface area (Å²) in [5.74, 6) is 0.883. The monoisotopic (exact) mass is 764 g/mol. The molecule has 0 bridgehead atoms. The molecule has 284 valence electrons. The van der Waals surface area contributed by atoms with Gasteiger partial charge in [0.1, 0.15) is 24.0 Å². The van der Waals surface area contributed by atoms with Gasteiger partial charge >= 0.3 is 0 Å². The van der Waals surface area contributed by atoms with E-state index in [9.17, 15) is 9.59 Å². The van der Waals surface area contributed by atoms with Crippen molar-refractivity contribution in [2.45, 2.75) is 0 Å². The number of halogens is 1. The molecule has 2 saturated heterocycles. The number of carbonyl (C=O) groups excluding carboxylic acids is 2. The number of hydrogen-bond acceptors (Lipinski definition) is 12. The lowest BCUT2D eigenvalue weighted by Crippen LogP contribution is -2.36. The molecule has 55 heavy (non-hydrogen) atoms. The quantitative estimate of drug-likeness (QED) is 0.210. The summed E-state index contributed by atoms with van der Waals surface area (Å²) in [4.78, 5) is 35.2. The van der Waals surface area contributed by atoms with Crippen molar-refractivity contribution in [2.75, 3.05) is 68.1 Å².